The zero-order valence-electron chi connectivity index (χ0n) is 7.85. The minimum Gasteiger partial charge on any atom is -0.303 e. The van der Waals surface area contributed by atoms with Crippen LogP contribution in [0.25, 0.3) is 0 Å². The van der Waals surface area contributed by atoms with Crippen LogP contribution in [0.3, 0.4) is 0 Å². The summed E-state index contributed by atoms with van der Waals surface area (Å²) in [5.74, 6) is 0. The van der Waals surface area contributed by atoms with Gasteiger partial charge < -0.3 is 4.79 Å². The molecule has 1 aromatic carbocycles. The first kappa shape index (κ1) is 8.98. The number of carbonyl (C=O) groups excluding carboxylic acids is 1. The van der Waals surface area contributed by atoms with Gasteiger partial charge in [-0.25, -0.2) is 0 Å². The summed E-state index contributed by atoms with van der Waals surface area (Å²) >= 11 is 0. The summed E-state index contributed by atoms with van der Waals surface area (Å²) in [7, 11) is 0. The second-order valence-corrected chi connectivity index (χ2v) is 3.16. The summed E-state index contributed by atoms with van der Waals surface area (Å²) in [6.45, 7) is 6.26. The minimum absolute atomic E-state index is 0.535. The Bertz CT molecular complexity index is 300. The van der Waals surface area contributed by atoms with E-state index in [1.807, 2.05) is 6.07 Å². The van der Waals surface area contributed by atoms with Crippen molar-refractivity contribution in [2.75, 3.05) is 0 Å². The molecule has 0 saturated heterocycles. The van der Waals surface area contributed by atoms with Gasteiger partial charge in [0.15, 0.2) is 0 Å². The van der Waals surface area contributed by atoms with Crippen molar-refractivity contribution in [3.8, 4) is 0 Å². The zero-order chi connectivity index (χ0) is 9.14. The van der Waals surface area contributed by atoms with E-state index in [-0.39, 0.29) is 0 Å². The highest BCUT2D eigenvalue weighted by molar-refractivity contribution is 5.57. The van der Waals surface area contributed by atoms with Gasteiger partial charge in [-0.3, -0.25) is 0 Å². The smallest absolute Gasteiger partial charge is 0.124 e. The van der Waals surface area contributed by atoms with Gasteiger partial charge in [0.2, 0.25) is 0 Å². The maximum Gasteiger partial charge on any atom is 0.124 e. The van der Waals surface area contributed by atoms with Crippen LogP contribution >= 0.6 is 0 Å². The van der Waals surface area contributed by atoms with Gasteiger partial charge in [-0.05, 0) is 43.0 Å². The highest BCUT2D eigenvalue weighted by Gasteiger charge is 2.01. The van der Waals surface area contributed by atoms with Crippen molar-refractivity contribution in [2.45, 2.75) is 27.2 Å². The highest BCUT2D eigenvalue weighted by Crippen LogP contribution is 2.16. The monoisotopic (exact) mass is 162 g/mol. The molecule has 0 fully saturated rings. The van der Waals surface area contributed by atoms with E-state index in [2.05, 4.69) is 26.8 Å². The first-order valence-electron chi connectivity index (χ1n) is 4.16. The average molecular weight is 162 g/mol. The van der Waals surface area contributed by atoms with Gasteiger partial charge in [-0.2, -0.15) is 0 Å². The molecule has 0 atom stereocenters. The lowest BCUT2D eigenvalue weighted by molar-refractivity contribution is -0.107. The fraction of sp³-hybridized carbons (Fsp3) is 0.364. The van der Waals surface area contributed by atoms with Gasteiger partial charge in [0.05, 0.1) is 0 Å². The molecule has 0 spiro atoms. The predicted octanol–water partition coefficient (Wildman–Crippen LogP) is 2.35. The molecular weight excluding hydrogens is 148 g/mol. The molecule has 0 aliphatic heterocycles. The standard InChI is InChI=1S/C11H14O/c1-8-4-5-11(6-7-12)10(3)9(8)2/h4-5,7H,6H2,1-3H3. The largest absolute Gasteiger partial charge is 0.303 e. The van der Waals surface area contributed by atoms with Crippen LogP contribution in [-0.4, -0.2) is 6.29 Å². The quantitative estimate of drug-likeness (QED) is 0.610. The van der Waals surface area contributed by atoms with Crippen molar-refractivity contribution in [2.24, 2.45) is 0 Å². The number of hydrogen-bond acceptors (Lipinski definition) is 1. The molecule has 0 amide bonds. The summed E-state index contributed by atoms with van der Waals surface area (Å²) in [4.78, 5) is 10.3. The normalized spacial score (nSPS) is 9.92. The lowest BCUT2D eigenvalue weighted by Gasteiger charge is -2.08. The van der Waals surface area contributed by atoms with Crippen molar-refractivity contribution >= 4 is 6.29 Å². The lowest BCUT2D eigenvalue weighted by atomic mass is 9.97. The van der Waals surface area contributed by atoms with Gasteiger partial charge in [0.1, 0.15) is 6.29 Å². The van der Waals surface area contributed by atoms with Crippen LogP contribution < -0.4 is 0 Å². The number of rotatable bonds is 2. The number of aryl methyl sites for hydroxylation is 1. The molecule has 0 radical (unpaired) electrons. The van der Waals surface area contributed by atoms with Crippen LogP contribution in [0, 0.1) is 20.8 Å². The molecule has 1 rings (SSSR count). The summed E-state index contributed by atoms with van der Waals surface area (Å²) in [6, 6.07) is 4.10. The first-order valence-corrected chi connectivity index (χ1v) is 4.16. The Morgan fingerprint density at radius 1 is 1.17 bits per heavy atom. The van der Waals surface area contributed by atoms with E-state index in [4.69, 9.17) is 0 Å². The summed E-state index contributed by atoms with van der Waals surface area (Å²) in [5.41, 5.74) is 4.99. The molecule has 12 heavy (non-hydrogen) atoms. The first-order chi connectivity index (χ1) is 5.66. The number of benzene rings is 1. The third kappa shape index (κ3) is 1.55. The van der Waals surface area contributed by atoms with E-state index in [9.17, 15) is 4.79 Å². The van der Waals surface area contributed by atoms with Crippen molar-refractivity contribution in [3.05, 3.63) is 34.4 Å². The number of aldehydes is 1. The minimum atomic E-state index is 0.535. The topological polar surface area (TPSA) is 17.1 Å². The molecule has 0 aliphatic carbocycles. The molecule has 64 valence electrons. The van der Waals surface area contributed by atoms with Crippen molar-refractivity contribution in [3.63, 3.8) is 0 Å². The van der Waals surface area contributed by atoms with Crippen LogP contribution in [0.1, 0.15) is 22.3 Å². The molecule has 0 N–H and O–H groups in total. The average Bonchev–Trinajstić information content (AvgIpc) is 2.07. The van der Waals surface area contributed by atoms with E-state index in [0.29, 0.717) is 6.42 Å². The van der Waals surface area contributed by atoms with Crippen LogP contribution in [0.2, 0.25) is 0 Å². The van der Waals surface area contributed by atoms with Crippen LogP contribution in [0.15, 0.2) is 12.1 Å². The second-order valence-electron chi connectivity index (χ2n) is 3.16. The number of carbonyl (C=O) groups is 1. The molecule has 1 heteroatoms. The SMILES string of the molecule is Cc1ccc(CC=O)c(C)c1C. The summed E-state index contributed by atoms with van der Waals surface area (Å²) < 4.78 is 0. The van der Waals surface area contributed by atoms with E-state index in [1.54, 1.807) is 0 Å². The van der Waals surface area contributed by atoms with Crippen molar-refractivity contribution in [1.82, 2.24) is 0 Å². The molecule has 0 aromatic heterocycles. The van der Waals surface area contributed by atoms with Gasteiger partial charge in [0.25, 0.3) is 0 Å². The fourth-order valence-electron chi connectivity index (χ4n) is 1.32. The van der Waals surface area contributed by atoms with E-state index < -0.39 is 0 Å². The Morgan fingerprint density at radius 2 is 1.83 bits per heavy atom. The van der Waals surface area contributed by atoms with E-state index >= 15 is 0 Å². The van der Waals surface area contributed by atoms with Crippen molar-refractivity contribution < 1.29 is 4.79 Å². The molecule has 0 heterocycles. The second kappa shape index (κ2) is 3.53. The van der Waals surface area contributed by atoms with Gasteiger partial charge in [-0.1, -0.05) is 12.1 Å². The molecule has 0 aliphatic rings. The fourth-order valence-corrected chi connectivity index (χ4v) is 1.32. The molecule has 0 bridgehead atoms. The molecule has 0 unspecified atom stereocenters. The van der Waals surface area contributed by atoms with Crippen molar-refractivity contribution in [1.29, 1.82) is 0 Å². The Labute approximate surface area is 73.4 Å². The Morgan fingerprint density at radius 3 is 2.42 bits per heavy atom. The maximum absolute atomic E-state index is 10.3. The maximum atomic E-state index is 10.3. The van der Waals surface area contributed by atoms with Crippen LogP contribution in [-0.2, 0) is 11.2 Å². The Kier molecular flexibility index (Phi) is 2.64. The summed E-state index contributed by atoms with van der Waals surface area (Å²) in [6.07, 6.45) is 1.49. The van der Waals surface area contributed by atoms with Gasteiger partial charge in [0, 0.05) is 6.42 Å². The molecule has 0 saturated carbocycles. The third-order valence-corrected chi connectivity index (χ3v) is 2.47. The van der Waals surface area contributed by atoms with Gasteiger partial charge in [-0.15, -0.1) is 0 Å². The van der Waals surface area contributed by atoms with Gasteiger partial charge >= 0.3 is 0 Å². The highest BCUT2D eigenvalue weighted by atomic mass is 16.1. The lowest BCUT2D eigenvalue weighted by Crippen LogP contribution is -1.95. The predicted molar refractivity (Wildman–Crippen MR) is 50.4 cm³/mol. The Balaban J connectivity index is 3.16. The molecule has 1 nitrogen and oxygen atoms in total. The molecular formula is C11H14O. The Hall–Kier alpha value is -1.11. The molecule has 1 aromatic rings. The van der Waals surface area contributed by atoms with Crippen LogP contribution in [0.5, 0.6) is 0 Å². The van der Waals surface area contributed by atoms with E-state index in [1.165, 1.54) is 16.7 Å². The summed E-state index contributed by atoms with van der Waals surface area (Å²) in [5, 5.41) is 0. The number of hydrogen-bond donors (Lipinski definition) is 0. The zero-order valence-corrected chi connectivity index (χ0v) is 7.85. The van der Waals surface area contributed by atoms with Crippen LogP contribution in [0.4, 0.5) is 0 Å². The van der Waals surface area contributed by atoms with E-state index in [0.717, 1.165) is 11.8 Å². The third-order valence-electron chi connectivity index (χ3n) is 2.47.